The van der Waals surface area contributed by atoms with Gasteiger partial charge in [-0.05, 0) is 12.8 Å². The van der Waals surface area contributed by atoms with Gasteiger partial charge in [0.2, 0.25) is 21.8 Å². The number of rotatable bonds is 3. The molecule has 2 aliphatic rings. The Morgan fingerprint density at radius 2 is 1.89 bits per heavy atom. The Morgan fingerprint density at radius 1 is 1.21 bits per heavy atom. The van der Waals surface area contributed by atoms with Crippen molar-refractivity contribution in [2.75, 3.05) is 11.5 Å². The number of sulfone groups is 1. The molecule has 19 heavy (non-hydrogen) atoms. The fourth-order valence-corrected chi connectivity index (χ4v) is 6.38. The summed E-state index contributed by atoms with van der Waals surface area (Å²) in [6, 6.07) is -1.01. The van der Waals surface area contributed by atoms with Crippen LogP contribution in [0.25, 0.3) is 0 Å². The Bertz CT molecular complexity index is 609. The third kappa shape index (κ3) is 3.31. The van der Waals surface area contributed by atoms with Crippen LogP contribution in [0.5, 0.6) is 0 Å². The Balaban J connectivity index is 2.06. The van der Waals surface area contributed by atoms with E-state index in [9.17, 15) is 26.4 Å². The molecular formula is C9H14N2O6S2. The summed E-state index contributed by atoms with van der Waals surface area (Å²) in [6.07, 6.45) is 0.177. The van der Waals surface area contributed by atoms with Crippen molar-refractivity contribution in [3.8, 4) is 0 Å². The summed E-state index contributed by atoms with van der Waals surface area (Å²) in [5.74, 6) is -1.71. The molecule has 0 aromatic rings. The summed E-state index contributed by atoms with van der Waals surface area (Å²) in [5.41, 5.74) is 0. The second-order valence-corrected chi connectivity index (χ2v) is 8.91. The fraction of sp³-hybridized carbons (Fsp3) is 0.778. The van der Waals surface area contributed by atoms with E-state index < -0.39 is 48.7 Å². The molecule has 0 aliphatic carbocycles. The van der Waals surface area contributed by atoms with Gasteiger partial charge in [0.1, 0.15) is 6.04 Å². The van der Waals surface area contributed by atoms with Crippen LogP contribution in [-0.2, 0) is 29.4 Å². The summed E-state index contributed by atoms with van der Waals surface area (Å²) < 4.78 is 48.7. The van der Waals surface area contributed by atoms with Crippen LogP contribution in [0, 0.1) is 0 Å². The predicted octanol–water partition coefficient (Wildman–Crippen LogP) is -2.10. The molecule has 2 rings (SSSR count). The molecule has 2 N–H and O–H groups in total. The minimum absolute atomic E-state index is 0.0327. The first kappa shape index (κ1) is 14.4. The summed E-state index contributed by atoms with van der Waals surface area (Å²) in [4.78, 5) is 22.4. The standard InChI is InChI=1S/C9H14N2O6S2/c12-8-2-1-7(9(13)10-8)11-19(16,17)6-3-4-18(14,15)5-6/h6-7,11H,1-5H2,(H,10,12,13). The highest BCUT2D eigenvalue weighted by Crippen LogP contribution is 2.19. The zero-order chi connectivity index (χ0) is 14.3. The van der Waals surface area contributed by atoms with E-state index in [1.165, 1.54) is 0 Å². The smallest absolute Gasteiger partial charge is 0.244 e. The highest BCUT2D eigenvalue weighted by Gasteiger charge is 2.40. The largest absolute Gasteiger partial charge is 0.295 e. The Labute approximate surface area is 110 Å². The Kier molecular flexibility index (Phi) is 3.67. The van der Waals surface area contributed by atoms with Gasteiger partial charge in [-0.1, -0.05) is 0 Å². The molecule has 0 radical (unpaired) electrons. The van der Waals surface area contributed by atoms with Crippen LogP contribution in [0.4, 0.5) is 0 Å². The number of amides is 2. The molecule has 2 atom stereocenters. The van der Waals surface area contributed by atoms with Gasteiger partial charge in [-0.2, -0.15) is 0 Å². The lowest BCUT2D eigenvalue weighted by Gasteiger charge is -2.23. The van der Waals surface area contributed by atoms with Crippen molar-refractivity contribution in [3.05, 3.63) is 0 Å². The number of carbonyl (C=O) groups is 2. The van der Waals surface area contributed by atoms with Crippen LogP contribution in [-0.4, -0.2) is 51.4 Å². The molecule has 108 valence electrons. The molecule has 8 nitrogen and oxygen atoms in total. The van der Waals surface area contributed by atoms with Crippen LogP contribution >= 0.6 is 0 Å². The SMILES string of the molecule is O=C1CCC(NS(=O)(=O)C2CCS(=O)(=O)C2)C(=O)N1. The average Bonchev–Trinajstić information content (AvgIpc) is 2.64. The number of nitrogens with one attached hydrogen (secondary N) is 2. The summed E-state index contributed by atoms with van der Waals surface area (Å²) >= 11 is 0. The third-order valence-electron chi connectivity index (χ3n) is 3.18. The number of hydrogen-bond acceptors (Lipinski definition) is 6. The van der Waals surface area contributed by atoms with E-state index in [-0.39, 0.29) is 25.0 Å². The summed E-state index contributed by atoms with van der Waals surface area (Å²) in [7, 11) is -7.20. The minimum Gasteiger partial charge on any atom is -0.295 e. The molecule has 2 saturated heterocycles. The lowest BCUT2D eigenvalue weighted by molar-refractivity contribution is -0.134. The van der Waals surface area contributed by atoms with Crippen molar-refractivity contribution in [2.45, 2.75) is 30.6 Å². The second-order valence-electron chi connectivity index (χ2n) is 4.69. The van der Waals surface area contributed by atoms with E-state index in [4.69, 9.17) is 0 Å². The monoisotopic (exact) mass is 310 g/mol. The van der Waals surface area contributed by atoms with Gasteiger partial charge in [-0.3, -0.25) is 14.9 Å². The molecule has 2 amide bonds. The molecule has 0 spiro atoms. The molecule has 0 aromatic heterocycles. The van der Waals surface area contributed by atoms with E-state index in [1.54, 1.807) is 0 Å². The maximum atomic E-state index is 12.0. The van der Waals surface area contributed by atoms with E-state index in [0.717, 1.165) is 0 Å². The molecule has 2 fully saturated rings. The highest BCUT2D eigenvalue weighted by molar-refractivity contribution is 7.95. The molecule has 2 aliphatic heterocycles. The normalized spacial score (nSPS) is 31.2. The summed E-state index contributed by atoms with van der Waals surface area (Å²) in [6.45, 7) is 0. The summed E-state index contributed by atoms with van der Waals surface area (Å²) in [5, 5.41) is 1.01. The van der Waals surface area contributed by atoms with Crippen LogP contribution in [0.3, 0.4) is 0 Å². The van der Waals surface area contributed by atoms with Crippen molar-refractivity contribution in [1.29, 1.82) is 0 Å². The van der Waals surface area contributed by atoms with Gasteiger partial charge < -0.3 is 0 Å². The molecule has 0 saturated carbocycles. The molecule has 2 unspecified atom stereocenters. The predicted molar refractivity (Wildman–Crippen MR) is 65.3 cm³/mol. The van der Waals surface area contributed by atoms with Gasteiger partial charge in [-0.15, -0.1) is 0 Å². The van der Waals surface area contributed by atoms with Gasteiger partial charge in [0.25, 0.3) is 0 Å². The van der Waals surface area contributed by atoms with Gasteiger partial charge in [0.05, 0.1) is 16.8 Å². The van der Waals surface area contributed by atoms with Gasteiger partial charge >= 0.3 is 0 Å². The first-order chi connectivity index (χ1) is 8.70. The number of imide groups is 1. The first-order valence-electron chi connectivity index (χ1n) is 5.75. The number of hydrogen-bond donors (Lipinski definition) is 2. The van der Waals surface area contributed by atoms with Gasteiger partial charge in [0, 0.05) is 6.42 Å². The zero-order valence-corrected chi connectivity index (χ0v) is 11.6. The minimum atomic E-state index is -3.88. The van der Waals surface area contributed by atoms with E-state index in [0.29, 0.717) is 0 Å². The lowest BCUT2D eigenvalue weighted by atomic mass is 10.1. The van der Waals surface area contributed by atoms with Gasteiger partial charge in [-0.25, -0.2) is 21.6 Å². The average molecular weight is 310 g/mol. The maximum absolute atomic E-state index is 12.0. The Hall–Kier alpha value is -1.00. The third-order valence-corrected chi connectivity index (χ3v) is 7.05. The molecule has 10 heteroatoms. The Morgan fingerprint density at radius 3 is 2.42 bits per heavy atom. The van der Waals surface area contributed by atoms with Crippen molar-refractivity contribution in [3.63, 3.8) is 0 Å². The van der Waals surface area contributed by atoms with E-state index in [2.05, 4.69) is 4.72 Å². The van der Waals surface area contributed by atoms with Crippen LogP contribution in [0.15, 0.2) is 0 Å². The number of carbonyl (C=O) groups excluding carboxylic acids is 2. The maximum Gasteiger partial charge on any atom is 0.244 e. The lowest BCUT2D eigenvalue weighted by Crippen LogP contribution is -2.53. The number of sulfonamides is 1. The topological polar surface area (TPSA) is 126 Å². The van der Waals surface area contributed by atoms with Crippen LogP contribution in [0.1, 0.15) is 19.3 Å². The highest BCUT2D eigenvalue weighted by atomic mass is 32.2. The quantitative estimate of drug-likeness (QED) is 0.575. The van der Waals surface area contributed by atoms with Crippen molar-refractivity contribution < 1.29 is 26.4 Å². The van der Waals surface area contributed by atoms with Crippen LogP contribution < -0.4 is 10.0 Å². The zero-order valence-electron chi connectivity index (χ0n) is 9.96. The first-order valence-corrected chi connectivity index (χ1v) is 9.12. The van der Waals surface area contributed by atoms with Gasteiger partial charge in [0.15, 0.2) is 9.84 Å². The van der Waals surface area contributed by atoms with Crippen molar-refractivity contribution in [1.82, 2.24) is 10.0 Å². The van der Waals surface area contributed by atoms with Crippen molar-refractivity contribution in [2.24, 2.45) is 0 Å². The number of piperidine rings is 1. The second kappa shape index (κ2) is 4.84. The van der Waals surface area contributed by atoms with Crippen molar-refractivity contribution >= 4 is 31.7 Å². The van der Waals surface area contributed by atoms with Crippen LogP contribution in [0.2, 0.25) is 0 Å². The fourth-order valence-electron chi connectivity index (χ4n) is 2.11. The molecule has 0 bridgehead atoms. The molecular weight excluding hydrogens is 296 g/mol. The molecule has 2 heterocycles. The molecule has 0 aromatic carbocycles. The van der Waals surface area contributed by atoms with E-state index >= 15 is 0 Å². The van der Waals surface area contributed by atoms with E-state index in [1.807, 2.05) is 5.32 Å².